The molecular weight excluding hydrogens is 336 g/mol. The minimum Gasteiger partial charge on any atom is -0.478 e. The van der Waals surface area contributed by atoms with E-state index in [4.69, 9.17) is 16.3 Å². The first-order chi connectivity index (χ1) is 12.2. The molecule has 3 rings (SSSR count). The van der Waals surface area contributed by atoms with Crippen LogP contribution >= 0.6 is 11.6 Å². The van der Waals surface area contributed by atoms with Crippen LogP contribution in [0.15, 0.2) is 42.6 Å². The largest absolute Gasteiger partial charge is 0.478 e. The molecule has 0 bridgehead atoms. The molecule has 1 aromatic carbocycles. The number of pyridine rings is 1. The minimum atomic E-state index is 0.0383. The van der Waals surface area contributed by atoms with Crippen molar-refractivity contribution in [2.75, 3.05) is 19.7 Å². The second-order valence-electron chi connectivity index (χ2n) is 6.31. The normalized spacial score (nSPS) is 17.8. The van der Waals surface area contributed by atoms with Gasteiger partial charge in [0.2, 0.25) is 5.88 Å². The molecule has 25 heavy (non-hydrogen) atoms. The fourth-order valence-electron chi connectivity index (χ4n) is 3.26. The van der Waals surface area contributed by atoms with Crippen LogP contribution in [0.2, 0.25) is 5.02 Å². The molecule has 1 aromatic heterocycles. The van der Waals surface area contributed by atoms with E-state index in [1.165, 1.54) is 5.56 Å². The van der Waals surface area contributed by atoms with Gasteiger partial charge in [-0.2, -0.15) is 0 Å². The Morgan fingerprint density at radius 1 is 1.24 bits per heavy atom. The molecular formula is C20H23ClN2O2. The van der Waals surface area contributed by atoms with E-state index in [1.54, 1.807) is 18.3 Å². The molecule has 0 spiro atoms. The van der Waals surface area contributed by atoms with Crippen molar-refractivity contribution in [1.29, 1.82) is 0 Å². The van der Waals surface area contributed by atoms with Gasteiger partial charge in [-0.1, -0.05) is 30.2 Å². The molecule has 1 saturated heterocycles. The zero-order chi connectivity index (χ0) is 17.6. The number of amides is 1. The number of carbonyl (C=O) groups excluding carboxylic acids is 1. The first kappa shape index (κ1) is 17.7. The van der Waals surface area contributed by atoms with Crippen LogP contribution in [-0.4, -0.2) is 35.5 Å². The lowest BCUT2D eigenvalue weighted by Gasteiger charge is -2.25. The Kier molecular flexibility index (Phi) is 5.92. The Bertz CT molecular complexity index is 701. The van der Waals surface area contributed by atoms with Crippen LogP contribution in [0.1, 0.15) is 48.0 Å². The van der Waals surface area contributed by atoms with Gasteiger partial charge in [0.1, 0.15) is 0 Å². The van der Waals surface area contributed by atoms with Crippen molar-refractivity contribution in [2.45, 2.75) is 32.1 Å². The number of nitrogens with zero attached hydrogens (tertiary/aromatic N) is 2. The summed E-state index contributed by atoms with van der Waals surface area (Å²) in [4.78, 5) is 19.0. The van der Waals surface area contributed by atoms with Crippen LogP contribution in [0.4, 0.5) is 0 Å². The highest BCUT2D eigenvalue weighted by molar-refractivity contribution is 6.30. The van der Waals surface area contributed by atoms with E-state index in [-0.39, 0.29) is 5.91 Å². The van der Waals surface area contributed by atoms with Gasteiger partial charge in [-0.3, -0.25) is 4.79 Å². The zero-order valence-electron chi connectivity index (χ0n) is 14.5. The number of likely N-dealkylation sites (tertiary alicyclic amines) is 1. The number of benzene rings is 1. The monoisotopic (exact) mass is 358 g/mol. The third-order valence-corrected chi connectivity index (χ3v) is 4.83. The molecule has 0 unspecified atom stereocenters. The summed E-state index contributed by atoms with van der Waals surface area (Å²) in [5, 5.41) is 0.741. The summed E-state index contributed by atoms with van der Waals surface area (Å²) in [5.41, 5.74) is 1.86. The van der Waals surface area contributed by atoms with Crippen molar-refractivity contribution in [2.24, 2.45) is 0 Å². The Morgan fingerprint density at radius 2 is 2.04 bits per heavy atom. The van der Waals surface area contributed by atoms with Gasteiger partial charge in [-0.25, -0.2) is 4.98 Å². The molecule has 0 radical (unpaired) electrons. The number of rotatable bonds is 4. The summed E-state index contributed by atoms with van der Waals surface area (Å²) < 4.78 is 5.34. The fraction of sp³-hybridized carbons (Fsp3) is 0.400. The van der Waals surface area contributed by atoms with Crippen LogP contribution in [0.25, 0.3) is 0 Å². The summed E-state index contributed by atoms with van der Waals surface area (Å²) in [6.07, 6.45) is 4.85. The third-order valence-electron chi connectivity index (χ3n) is 4.58. The van der Waals surface area contributed by atoms with Crippen molar-refractivity contribution in [3.05, 3.63) is 58.7 Å². The van der Waals surface area contributed by atoms with Gasteiger partial charge in [0, 0.05) is 36.3 Å². The molecule has 0 N–H and O–H groups in total. The summed E-state index contributed by atoms with van der Waals surface area (Å²) in [6.45, 7) is 3.99. The molecule has 1 fully saturated rings. The lowest BCUT2D eigenvalue weighted by atomic mass is 9.94. The maximum absolute atomic E-state index is 12.9. The van der Waals surface area contributed by atoms with Crippen LogP contribution < -0.4 is 4.74 Å². The first-order valence-corrected chi connectivity index (χ1v) is 9.18. The second kappa shape index (κ2) is 8.34. The lowest BCUT2D eigenvalue weighted by Crippen LogP contribution is -2.34. The molecule has 1 aliphatic rings. The smallest absolute Gasteiger partial charge is 0.255 e. The average molecular weight is 359 g/mol. The summed E-state index contributed by atoms with van der Waals surface area (Å²) in [5.74, 6) is 0.935. The molecule has 0 aliphatic carbocycles. The fourth-order valence-corrected chi connectivity index (χ4v) is 3.38. The maximum atomic E-state index is 12.9. The first-order valence-electron chi connectivity index (χ1n) is 8.81. The standard InChI is InChI=1S/C20H23ClN2O2/c1-2-25-19-11-8-16(13-22-19)20(24)23-12-4-3-5-17(14-23)15-6-9-18(21)10-7-15/h6-11,13,17H,2-5,12,14H2,1H3/t17-/m0/s1. The maximum Gasteiger partial charge on any atom is 0.255 e. The van der Waals surface area contributed by atoms with Gasteiger partial charge < -0.3 is 9.64 Å². The number of hydrogen-bond donors (Lipinski definition) is 0. The molecule has 1 atom stereocenters. The van der Waals surface area contributed by atoms with Crippen molar-refractivity contribution in [3.63, 3.8) is 0 Å². The Hall–Kier alpha value is -2.07. The molecule has 5 heteroatoms. The molecule has 4 nitrogen and oxygen atoms in total. The quantitative estimate of drug-likeness (QED) is 0.805. The number of halogens is 1. The number of hydrogen-bond acceptors (Lipinski definition) is 3. The molecule has 0 saturated carbocycles. The minimum absolute atomic E-state index is 0.0383. The highest BCUT2D eigenvalue weighted by atomic mass is 35.5. The average Bonchev–Trinajstić information content (AvgIpc) is 2.89. The number of carbonyl (C=O) groups is 1. The van der Waals surface area contributed by atoms with Gasteiger partial charge >= 0.3 is 0 Å². The van der Waals surface area contributed by atoms with Gasteiger partial charge in [-0.05, 0) is 43.5 Å². The summed E-state index contributed by atoms with van der Waals surface area (Å²) >= 11 is 6.00. The van der Waals surface area contributed by atoms with Crippen LogP contribution in [-0.2, 0) is 0 Å². The van der Waals surface area contributed by atoms with Gasteiger partial charge in [0.05, 0.1) is 12.2 Å². The van der Waals surface area contributed by atoms with Gasteiger partial charge in [0.15, 0.2) is 0 Å². The molecule has 132 valence electrons. The van der Waals surface area contributed by atoms with Crippen LogP contribution in [0.5, 0.6) is 5.88 Å². The number of ether oxygens (including phenoxy) is 1. The van der Waals surface area contributed by atoms with Gasteiger partial charge in [-0.15, -0.1) is 0 Å². The second-order valence-corrected chi connectivity index (χ2v) is 6.75. The van der Waals surface area contributed by atoms with Gasteiger partial charge in [0.25, 0.3) is 5.91 Å². The van der Waals surface area contributed by atoms with E-state index in [2.05, 4.69) is 17.1 Å². The summed E-state index contributed by atoms with van der Waals surface area (Å²) in [7, 11) is 0. The predicted molar refractivity (Wildman–Crippen MR) is 99.4 cm³/mol. The van der Waals surface area contributed by atoms with E-state index in [0.29, 0.717) is 24.0 Å². The Morgan fingerprint density at radius 3 is 2.72 bits per heavy atom. The Labute approximate surface area is 153 Å². The van der Waals surface area contributed by atoms with Crippen molar-refractivity contribution in [3.8, 4) is 5.88 Å². The molecule has 2 aromatic rings. The van der Waals surface area contributed by atoms with Crippen LogP contribution in [0, 0.1) is 0 Å². The van der Waals surface area contributed by atoms with E-state index in [9.17, 15) is 4.79 Å². The van der Waals surface area contributed by atoms with E-state index < -0.39 is 0 Å². The molecule has 2 heterocycles. The molecule has 1 aliphatic heterocycles. The topological polar surface area (TPSA) is 42.4 Å². The van der Waals surface area contributed by atoms with E-state index in [0.717, 1.165) is 37.4 Å². The SMILES string of the molecule is CCOc1ccc(C(=O)N2CCCC[C@H](c3ccc(Cl)cc3)C2)cn1. The third kappa shape index (κ3) is 4.51. The van der Waals surface area contributed by atoms with Crippen molar-refractivity contribution >= 4 is 17.5 Å². The number of aromatic nitrogens is 1. The zero-order valence-corrected chi connectivity index (χ0v) is 15.2. The van der Waals surface area contributed by atoms with E-state index >= 15 is 0 Å². The van der Waals surface area contributed by atoms with Crippen LogP contribution in [0.3, 0.4) is 0 Å². The Balaban J connectivity index is 1.73. The lowest BCUT2D eigenvalue weighted by molar-refractivity contribution is 0.0754. The molecule has 1 amide bonds. The highest BCUT2D eigenvalue weighted by Crippen LogP contribution is 2.28. The van der Waals surface area contributed by atoms with Crippen molar-refractivity contribution < 1.29 is 9.53 Å². The summed E-state index contributed by atoms with van der Waals surface area (Å²) in [6, 6.07) is 11.5. The van der Waals surface area contributed by atoms with Crippen molar-refractivity contribution in [1.82, 2.24) is 9.88 Å². The predicted octanol–water partition coefficient (Wildman–Crippen LogP) is 4.54. The van der Waals surface area contributed by atoms with E-state index in [1.807, 2.05) is 24.0 Å². The highest BCUT2D eigenvalue weighted by Gasteiger charge is 2.24.